The van der Waals surface area contributed by atoms with Crippen LogP contribution in [0.5, 0.6) is 0 Å². The lowest BCUT2D eigenvalue weighted by Gasteiger charge is -2.40. The zero-order chi connectivity index (χ0) is 8.43. The first-order valence-corrected chi connectivity index (χ1v) is 4.98. The van der Waals surface area contributed by atoms with Gasteiger partial charge in [0, 0.05) is 12.1 Å². The van der Waals surface area contributed by atoms with Crippen LogP contribution in [0, 0.1) is 0 Å². The van der Waals surface area contributed by atoms with Crippen LogP contribution in [0.2, 0.25) is 0 Å². The molecule has 0 aromatic rings. The van der Waals surface area contributed by atoms with Gasteiger partial charge in [-0.25, -0.2) is 0 Å². The molecule has 0 aromatic heterocycles. The lowest BCUT2D eigenvalue weighted by molar-refractivity contribution is 0.0945. The van der Waals surface area contributed by atoms with Crippen molar-refractivity contribution >= 4 is 24.0 Å². The van der Waals surface area contributed by atoms with E-state index >= 15 is 0 Å². The monoisotopic (exact) mass is 211 g/mol. The predicted octanol–water partition coefficient (Wildman–Crippen LogP) is 3.26. The number of nitrogens with zero attached hydrogens (tertiary/aromatic N) is 1. The van der Waals surface area contributed by atoms with Crippen molar-refractivity contribution in [1.82, 2.24) is 4.90 Å². The SMILES string of the molecule is CC(Cl)N1C(C)CCCC1C.Cl. The summed E-state index contributed by atoms with van der Waals surface area (Å²) >= 11 is 6.07. The highest BCUT2D eigenvalue weighted by molar-refractivity contribution is 6.20. The first-order chi connectivity index (χ1) is 5.13. The topological polar surface area (TPSA) is 3.24 Å². The van der Waals surface area contributed by atoms with Crippen molar-refractivity contribution in [3.05, 3.63) is 0 Å². The van der Waals surface area contributed by atoms with Gasteiger partial charge in [0.25, 0.3) is 0 Å². The van der Waals surface area contributed by atoms with Crippen LogP contribution in [0.4, 0.5) is 0 Å². The smallest absolute Gasteiger partial charge is 0.0826 e. The fraction of sp³-hybridized carbons (Fsp3) is 1.00. The summed E-state index contributed by atoms with van der Waals surface area (Å²) in [7, 11) is 0. The van der Waals surface area contributed by atoms with Crippen LogP contribution in [0.15, 0.2) is 0 Å². The molecule has 0 aliphatic carbocycles. The molecular weight excluding hydrogens is 193 g/mol. The normalized spacial score (nSPS) is 34.0. The highest BCUT2D eigenvalue weighted by atomic mass is 35.5. The van der Waals surface area contributed by atoms with Gasteiger partial charge in [-0.05, 0) is 33.6 Å². The fourth-order valence-electron chi connectivity index (χ4n) is 2.14. The first kappa shape index (κ1) is 12.5. The first-order valence-electron chi connectivity index (χ1n) is 4.54. The Morgan fingerprint density at radius 1 is 1.25 bits per heavy atom. The molecule has 0 aromatic carbocycles. The Hall–Kier alpha value is 0.540. The van der Waals surface area contributed by atoms with Gasteiger partial charge in [-0.15, -0.1) is 24.0 Å². The second-order valence-corrected chi connectivity index (χ2v) is 4.28. The Morgan fingerprint density at radius 3 is 1.92 bits per heavy atom. The second-order valence-electron chi connectivity index (χ2n) is 3.65. The average Bonchev–Trinajstić information content (AvgIpc) is 1.85. The number of hydrogen-bond donors (Lipinski definition) is 0. The molecular formula is C9H19Cl2N. The number of piperidine rings is 1. The minimum Gasteiger partial charge on any atom is -0.282 e. The molecule has 1 nitrogen and oxygen atoms in total. The third-order valence-corrected chi connectivity index (χ3v) is 2.90. The van der Waals surface area contributed by atoms with Crippen LogP contribution in [0.25, 0.3) is 0 Å². The van der Waals surface area contributed by atoms with Gasteiger partial charge in [0.05, 0.1) is 5.50 Å². The van der Waals surface area contributed by atoms with E-state index < -0.39 is 0 Å². The van der Waals surface area contributed by atoms with Crippen LogP contribution in [0.1, 0.15) is 40.0 Å². The van der Waals surface area contributed by atoms with Gasteiger partial charge in [-0.3, -0.25) is 4.90 Å². The van der Waals surface area contributed by atoms with E-state index in [9.17, 15) is 0 Å². The van der Waals surface area contributed by atoms with Crippen LogP contribution >= 0.6 is 24.0 Å². The van der Waals surface area contributed by atoms with Crippen molar-refractivity contribution in [2.45, 2.75) is 57.6 Å². The summed E-state index contributed by atoms with van der Waals surface area (Å²) in [5, 5.41) is 0. The number of likely N-dealkylation sites (tertiary alicyclic amines) is 1. The number of rotatable bonds is 1. The standard InChI is InChI=1S/C9H18ClN.ClH/c1-7-5-4-6-8(2)11(7)9(3)10;/h7-9H,4-6H2,1-3H3;1H. The van der Waals surface area contributed by atoms with Crippen molar-refractivity contribution in [3.63, 3.8) is 0 Å². The van der Waals surface area contributed by atoms with E-state index in [1.165, 1.54) is 19.3 Å². The van der Waals surface area contributed by atoms with Gasteiger partial charge >= 0.3 is 0 Å². The molecule has 1 aliphatic heterocycles. The van der Waals surface area contributed by atoms with Gasteiger partial charge < -0.3 is 0 Å². The lowest BCUT2D eigenvalue weighted by Crippen LogP contribution is -2.46. The summed E-state index contributed by atoms with van der Waals surface area (Å²) in [6, 6.07) is 1.34. The predicted molar refractivity (Wildman–Crippen MR) is 57.2 cm³/mol. The third-order valence-electron chi connectivity index (χ3n) is 2.67. The molecule has 12 heavy (non-hydrogen) atoms. The van der Waals surface area contributed by atoms with E-state index in [0.29, 0.717) is 12.1 Å². The van der Waals surface area contributed by atoms with Crippen LogP contribution in [-0.4, -0.2) is 22.5 Å². The molecule has 1 aliphatic rings. The van der Waals surface area contributed by atoms with E-state index in [-0.39, 0.29) is 17.9 Å². The summed E-state index contributed by atoms with van der Waals surface area (Å²) in [4.78, 5) is 2.41. The number of halogens is 2. The summed E-state index contributed by atoms with van der Waals surface area (Å²) < 4.78 is 0. The van der Waals surface area contributed by atoms with Crippen molar-refractivity contribution in [2.75, 3.05) is 0 Å². The molecule has 1 fully saturated rings. The zero-order valence-corrected chi connectivity index (χ0v) is 9.66. The lowest BCUT2D eigenvalue weighted by atomic mass is 9.98. The van der Waals surface area contributed by atoms with Gasteiger partial charge in [0.1, 0.15) is 0 Å². The van der Waals surface area contributed by atoms with E-state index in [1.807, 2.05) is 0 Å². The molecule has 0 amide bonds. The van der Waals surface area contributed by atoms with Gasteiger partial charge in [0.15, 0.2) is 0 Å². The number of hydrogen-bond acceptors (Lipinski definition) is 1. The number of alkyl halides is 1. The largest absolute Gasteiger partial charge is 0.282 e. The molecule has 1 saturated heterocycles. The Morgan fingerprint density at radius 2 is 1.67 bits per heavy atom. The zero-order valence-electron chi connectivity index (χ0n) is 8.09. The minimum absolute atomic E-state index is 0. The maximum absolute atomic E-state index is 6.07. The molecule has 3 heteroatoms. The van der Waals surface area contributed by atoms with Crippen LogP contribution < -0.4 is 0 Å². The molecule has 0 radical (unpaired) electrons. The maximum atomic E-state index is 6.07. The quantitative estimate of drug-likeness (QED) is 0.476. The van der Waals surface area contributed by atoms with Crippen LogP contribution in [-0.2, 0) is 0 Å². The Labute approximate surface area is 86.9 Å². The van der Waals surface area contributed by atoms with Crippen molar-refractivity contribution < 1.29 is 0 Å². The summed E-state index contributed by atoms with van der Waals surface area (Å²) in [5.74, 6) is 0. The van der Waals surface area contributed by atoms with E-state index in [4.69, 9.17) is 11.6 Å². The molecule has 74 valence electrons. The van der Waals surface area contributed by atoms with Crippen molar-refractivity contribution in [2.24, 2.45) is 0 Å². The molecule has 1 rings (SSSR count). The molecule has 0 saturated carbocycles. The van der Waals surface area contributed by atoms with Gasteiger partial charge in [0.2, 0.25) is 0 Å². The Kier molecular flexibility index (Phi) is 5.55. The highest BCUT2D eigenvalue weighted by Crippen LogP contribution is 2.25. The van der Waals surface area contributed by atoms with Crippen LogP contribution in [0.3, 0.4) is 0 Å². The van der Waals surface area contributed by atoms with E-state index in [1.54, 1.807) is 0 Å². The van der Waals surface area contributed by atoms with E-state index in [2.05, 4.69) is 25.7 Å². The molecule has 0 bridgehead atoms. The van der Waals surface area contributed by atoms with Crippen molar-refractivity contribution in [3.8, 4) is 0 Å². The molecule has 0 spiro atoms. The Bertz CT molecular complexity index is 118. The summed E-state index contributed by atoms with van der Waals surface area (Å²) in [6.45, 7) is 6.61. The molecule has 1 heterocycles. The molecule has 3 unspecified atom stereocenters. The Balaban J connectivity index is 0.00000121. The van der Waals surface area contributed by atoms with E-state index in [0.717, 1.165) is 0 Å². The second kappa shape index (κ2) is 5.31. The maximum Gasteiger partial charge on any atom is 0.0826 e. The third kappa shape index (κ3) is 2.79. The van der Waals surface area contributed by atoms with Gasteiger partial charge in [-0.1, -0.05) is 6.42 Å². The summed E-state index contributed by atoms with van der Waals surface area (Å²) in [5.41, 5.74) is 0.195. The molecule has 0 N–H and O–H groups in total. The minimum atomic E-state index is 0. The average molecular weight is 212 g/mol. The fourth-order valence-corrected chi connectivity index (χ4v) is 2.53. The molecule has 3 atom stereocenters. The summed E-state index contributed by atoms with van der Waals surface area (Å²) in [6.07, 6.45) is 3.98. The van der Waals surface area contributed by atoms with Crippen molar-refractivity contribution in [1.29, 1.82) is 0 Å². The highest BCUT2D eigenvalue weighted by Gasteiger charge is 2.27. The van der Waals surface area contributed by atoms with Gasteiger partial charge in [-0.2, -0.15) is 0 Å².